The number of carbonyl (C=O) groups excluding carboxylic acids is 1. The second-order valence-corrected chi connectivity index (χ2v) is 4.79. The molecule has 0 aliphatic heterocycles. The summed E-state index contributed by atoms with van der Waals surface area (Å²) in [5.41, 5.74) is -0.435. The molecular formula is C13H8Cl2O5. The Hall–Kier alpha value is -2.11. The number of aromatic hydroxyl groups is 4. The fourth-order valence-electron chi connectivity index (χ4n) is 1.61. The quantitative estimate of drug-likeness (QED) is 0.639. The Morgan fingerprint density at radius 3 is 1.40 bits per heavy atom. The number of phenolic OH excluding ortho intramolecular Hbond substituents is 4. The van der Waals surface area contributed by atoms with Crippen LogP contribution >= 0.6 is 23.2 Å². The average Bonchev–Trinajstić information content (AvgIpc) is 2.37. The van der Waals surface area contributed by atoms with Gasteiger partial charge in [0.2, 0.25) is 5.78 Å². The SMILES string of the molecule is O=C(c1cc(Cl)c(O)cc1O)c1cc(Cl)c(O)cc1O. The van der Waals surface area contributed by atoms with Crippen LogP contribution in [0.25, 0.3) is 0 Å². The maximum Gasteiger partial charge on any atom is 0.200 e. The van der Waals surface area contributed by atoms with Gasteiger partial charge in [-0.3, -0.25) is 4.79 Å². The van der Waals surface area contributed by atoms with E-state index in [1.807, 2.05) is 0 Å². The summed E-state index contributed by atoms with van der Waals surface area (Å²) >= 11 is 11.3. The molecule has 0 fully saturated rings. The lowest BCUT2D eigenvalue weighted by atomic mass is 10.0. The second kappa shape index (κ2) is 5.11. The van der Waals surface area contributed by atoms with Crippen LogP contribution in [0.2, 0.25) is 10.0 Å². The Morgan fingerprint density at radius 2 is 1.05 bits per heavy atom. The van der Waals surface area contributed by atoms with Crippen molar-refractivity contribution in [2.45, 2.75) is 0 Å². The van der Waals surface area contributed by atoms with E-state index in [1.165, 1.54) is 0 Å². The van der Waals surface area contributed by atoms with Crippen LogP contribution in [0.4, 0.5) is 0 Å². The molecule has 0 aliphatic carbocycles. The van der Waals surface area contributed by atoms with Crippen LogP contribution in [0.1, 0.15) is 15.9 Å². The highest BCUT2D eigenvalue weighted by atomic mass is 35.5. The summed E-state index contributed by atoms with van der Waals surface area (Å²) in [7, 11) is 0. The normalized spacial score (nSPS) is 10.5. The molecule has 0 radical (unpaired) electrons. The van der Waals surface area contributed by atoms with Gasteiger partial charge in [0, 0.05) is 12.1 Å². The van der Waals surface area contributed by atoms with Crippen molar-refractivity contribution < 1.29 is 25.2 Å². The summed E-state index contributed by atoms with van der Waals surface area (Å²) in [5, 5.41) is 37.7. The molecule has 7 heteroatoms. The highest BCUT2D eigenvalue weighted by Gasteiger charge is 2.20. The molecule has 4 N–H and O–H groups in total. The topological polar surface area (TPSA) is 98.0 Å². The van der Waals surface area contributed by atoms with Crippen LogP contribution in [-0.4, -0.2) is 26.2 Å². The third kappa shape index (κ3) is 2.45. The molecule has 0 bridgehead atoms. The van der Waals surface area contributed by atoms with Crippen molar-refractivity contribution in [2.24, 2.45) is 0 Å². The van der Waals surface area contributed by atoms with E-state index in [4.69, 9.17) is 23.2 Å². The molecule has 2 aromatic carbocycles. The van der Waals surface area contributed by atoms with Gasteiger partial charge in [0.1, 0.15) is 23.0 Å². The van der Waals surface area contributed by atoms with E-state index in [-0.39, 0.29) is 32.7 Å². The minimum absolute atomic E-state index is 0.129. The highest BCUT2D eigenvalue weighted by molar-refractivity contribution is 6.33. The molecule has 20 heavy (non-hydrogen) atoms. The summed E-state index contributed by atoms with van der Waals surface area (Å²) in [4.78, 5) is 12.2. The lowest BCUT2D eigenvalue weighted by Gasteiger charge is -2.08. The molecule has 0 aliphatic rings. The number of phenols is 4. The summed E-state index contributed by atoms with van der Waals surface area (Å²) in [6, 6.07) is 3.95. The van der Waals surface area contributed by atoms with Gasteiger partial charge in [-0.15, -0.1) is 0 Å². The van der Waals surface area contributed by atoms with Gasteiger partial charge in [-0.2, -0.15) is 0 Å². The Labute approximate surface area is 123 Å². The maximum atomic E-state index is 12.2. The van der Waals surface area contributed by atoms with Crippen molar-refractivity contribution in [1.29, 1.82) is 0 Å². The van der Waals surface area contributed by atoms with E-state index in [1.54, 1.807) is 0 Å². The minimum atomic E-state index is -0.760. The highest BCUT2D eigenvalue weighted by Crippen LogP contribution is 2.36. The van der Waals surface area contributed by atoms with Gasteiger partial charge >= 0.3 is 0 Å². The molecule has 2 aromatic rings. The van der Waals surface area contributed by atoms with Crippen LogP contribution in [0, 0.1) is 0 Å². The van der Waals surface area contributed by atoms with Crippen molar-refractivity contribution >= 4 is 29.0 Å². The lowest BCUT2D eigenvalue weighted by Crippen LogP contribution is -2.02. The molecule has 0 unspecified atom stereocenters. The third-order valence-corrected chi connectivity index (χ3v) is 3.23. The molecular weight excluding hydrogens is 307 g/mol. The van der Waals surface area contributed by atoms with Crippen molar-refractivity contribution in [3.63, 3.8) is 0 Å². The van der Waals surface area contributed by atoms with E-state index in [0.29, 0.717) is 0 Å². The zero-order chi connectivity index (χ0) is 15.0. The number of hydrogen-bond donors (Lipinski definition) is 4. The lowest BCUT2D eigenvalue weighted by molar-refractivity contribution is 0.103. The van der Waals surface area contributed by atoms with Crippen LogP contribution in [-0.2, 0) is 0 Å². The van der Waals surface area contributed by atoms with Gasteiger partial charge in [-0.05, 0) is 12.1 Å². The van der Waals surface area contributed by atoms with Gasteiger partial charge in [0.05, 0.1) is 21.2 Å². The van der Waals surface area contributed by atoms with E-state index in [0.717, 1.165) is 24.3 Å². The van der Waals surface area contributed by atoms with Gasteiger partial charge in [-0.1, -0.05) is 23.2 Å². The smallest absolute Gasteiger partial charge is 0.200 e. The first-order chi connectivity index (χ1) is 9.31. The predicted octanol–water partition coefficient (Wildman–Crippen LogP) is 3.05. The second-order valence-electron chi connectivity index (χ2n) is 3.97. The summed E-state index contributed by atoms with van der Waals surface area (Å²) in [6.45, 7) is 0. The van der Waals surface area contributed by atoms with Crippen molar-refractivity contribution in [3.8, 4) is 23.0 Å². The van der Waals surface area contributed by atoms with Gasteiger partial charge in [0.15, 0.2) is 0 Å². The molecule has 0 atom stereocenters. The van der Waals surface area contributed by atoms with Gasteiger partial charge in [-0.25, -0.2) is 0 Å². The molecule has 104 valence electrons. The first-order valence-corrected chi connectivity index (χ1v) is 6.04. The van der Waals surface area contributed by atoms with E-state index >= 15 is 0 Å². The monoisotopic (exact) mass is 314 g/mol. The molecule has 5 nitrogen and oxygen atoms in total. The van der Waals surface area contributed by atoms with Gasteiger partial charge < -0.3 is 20.4 Å². The Balaban J connectivity index is 2.57. The molecule has 2 rings (SSSR count). The molecule has 0 spiro atoms. The van der Waals surface area contributed by atoms with Gasteiger partial charge in [0.25, 0.3) is 0 Å². The fourth-order valence-corrected chi connectivity index (χ4v) is 1.94. The molecule has 0 saturated carbocycles. The Bertz CT molecular complexity index is 653. The first-order valence-electron chi connectivity index (χ1n) is 5.29. The fraction of sp³-hybridized carbons (Fsp3) is 0. The number of rotatable bonds is 2. The zero-order valence-corrected chi connectivity index (χ0v) is 11.3. The summed E-state index contributed by atoms with van der Waals surface area (Å²) in [5.74, 6) is -2.52. The number of halogens is 2. The number of hydrogen-bond acceptors (Lipinski definition) is 5. The van der Waals surface area contributed by atoms with E-state index in [2.05, 4.69) is 0 Å². The largest absolute Gasteiger partial charge is 0.507 e. The molecule has 0 aromatic heterocycles. The summed E-state index contributed by atoms with van der Waals surface area (Å²) < 4.78 is 0. The number of benzene rings is 2. The zero-order valence-electron chi connectivity index (χ0n) is 9.76. The average molecular weight is 315 g/mol. The number of carbonyl (C=O) groups is 1. The van der Waals surface area contributed by atoms with E-state index in [9.17, 15) is 25.2 Å². The van der Waals surface area contributed by atoms with Crippen LogP contribution < -0.4 is 0 Å². The van der Waals surface area contributed by atoms with E-state index < -0.39 is 17.3 Å². The van der Waals surface area contributed by atoms with Crippen molar-refractivity contribution in [1.82, 2.24) is 0 Å². The van der Waals surface area contributed by atoms with Crippen LogP contribution in [0.15, 0.2) is 24.3 Å². The molecule has 0 saturated heterocycles. The maximum absolute atomic E-state index is 12.2. The number of ketones is 1. The summed E-state index contributed by atoms with van der Waals surface area (Å²) in [6.07, 6.45) is 0. The third-order valence-electron chi connectivity index (χ3n) is 2.62. The van der Waals surface area contributed by atoms with Crippen molar-refractivity contribution in [2.75, 3.05) is 0 Å². The minimum Gasteiger partial charge on any atom is -0.507 e. The Morgan fingerprint density at radius 1 is 0.700 bits per heavy atom. The van der Waals surface area contributed by atoms with Crippen molar-refractivity contribution in [3.05, 3.63) is 45.4 Å². The van der Waals surface area contributed by atoms with Crippen LogP contribution in [0.5, 0.6) is 23.0 Å². The standard InChI is InChI=1S/C13H8Cl2O5/c14-7-1-5(9(16)3-11(7)18)13(20)6-2-8(15)12(19)4-10(6)17/h1-4,16-19H. The molecule has 0 amide bonds. The Kier molecular flexibility index (Phi) is 3.65. The van der Waals surface area contributed by atoms with Crippen LogP contribution in [0.3, 0.4) is 0 Å². The predicted molar refractivity (Wildman–Crippen MR) is 73.0 cm³/mol. The molecule has 0 heterocycles. The first kappa shape index (κ1) is 14.3.